The predicted octanol–water partition coefficient (Wildman–Crippen LogP) is 2.03. The van der Waals surface area contributed by atoms with Gasteiger partial charge in [-0.1, -0.05) is 12.1 Å². The van der Waals surface area contributed by atoms with E-state index in [1.54, 1.807) is 17.5 Å². The molecule has 3 rings (SSSR count). The summed E-state index contributed by atoms with van der Waals surface area (Å²) < 4.78 is 5.27. The fraction of sp³-hybridized carbons (Fsp3) is 0.312. The van der Waals surface area contributed by atoms with Crippen molar-refractivity contribution in [2.45, 2.75) is 12.5 Å². The van der Waals surface area contributed by atoms with Gasteiger partial charge in [0.05, 0.1) is 30.6 Å². The van der Waals surface area contributed by atoms with Gasteiger partial charge in [-0.3, -0.25) is 19.7 Å². The van der Waals surface area contributed by atoms with Crippen molar-refractivity contribution in [1.82, 2.24) is 9.88 Å². The lowest BCUT2D eigenvalue weighted by atomic mass is 10.1. The SMILES string of the molecule is O=C(O)CC1COCCN1C(=O)c1csc(-c2cccc([N+](=O)[O-])c2)n1. The number of hydrogen-bond acceptors (Lipinski definition) is 7. The van der Waals surface area contributed by atoms with E-state index in [9.17, 15) is 19.7 Å². The number of nitrogens with zero attached hydrogens (tertiary/aromatic N) is 3. The Kier molecular flexibility index (Phi) is 5.24. The van der Waals surface area contributed by atoms with Crippen molar-refractivity contribution in [3.05, 3.63) is 45.5 Å². The lowest BCUT2D eigenvalue weighted by Crippen LogP contribution is -2.49. The topological polar surface area (TPSA) is 123 Å². The molecule has 9 nitrogen and oxygen atoms in total. The summed E-state index contributed by atoms with van der Waals surface area (Å²) in [7, 11) is 0. The maximum Gasteiger partial charge on any atom is 0.305 e. The lowest BCUT2D eigenvalue weighted by Gasteiger charge is -2.34. The van der Waals surface area contributed by atoms with E-state index in [1.807, 2.05) is 0 Å². The van der Waals surface area contributed by atoms with Crippen LogP contribution in [0.2, 0.25) is 0 Å². The second kappa shape index (κ2) is 7.58. The molecule has 1 fully saturated rings. The number of nitro groups is 1. The zero-order valence-electron chi connectivity index (χ0n) is 13.5. The molecule has 0 saturated carbocycles. The predicted molar refractivity (Wildman–Crippen MR) is 92.1 cm³/mol. The molecule has 10 heteroatoms. The van der Waals surface area contributed by atoms with Gasteiger partial charge < -0.3 is 14.7 Å². The number of amides is 1. The van der Waals surface area contributed by atoms with Crippen molar-refractivity contribution < 1.29 is 24.4 Å². The van der Waals surface area contributed by atoms with E-state index in [1.165, 1.54) is 28.4 Å². The third-order valence-corrected chi connectivity index (χ3v) is 4.82. The molecule has 1 unspecified atom stereocenters. The van der Waals surface area contributed by atoms with Gasteiger partial charge in [-0.2, -0.15) is 0 Å². The number of nitro benzene ring substituents is 1. The molecule has 0 spiro atoms. The fourth-order valence-electron chi connectivity index (χ4n) is 2.70. The molecule has 26 heavy (non-hydrogen) atoms. The summed E-state index contributed by atoms with van der Waals surface area (Å²) in [4.78, 5) is 39.9. The smallest absolute Gasteiger partial charge is 0.305 e. The van der Waals surface area contributed by atoms with Crippen molar-refractivity contribution in [3.8, 4) is 10.6 Å². The summed E-state index contributed by atoms with van der Waals surface area (Å²) in [6, 6.07) is 5.47. The van der Waals surface area contributed by atoms with Gasteiger partial charge in [0, 0.05) is 29.6 Å². The van der Waals surface area contributed by atoms with Crippen LogP contribution < -0.4 is 0 Å². The van der Waals surface area contributed by atoms with Gasteiger partial charge in [0.1, 0.15) is 10.7 Å². The number of aromatic nitrogens is 1. The minimum atomic E-state index is -1.01. The highest BCUT2D eigenvalue weighted by atomic mass is 32.1. The first-order valence-electron chi connectivity index (χ1n) is 7.76. The second-order valence-electron chi connectivity index (χ2n) is 5.67. The van der Waals surface area contributed by atoms with Gasteiger partial charge in [-0.05, 0) is 0 Å². The van der Waals surface area contributed by atoms with Gasteiger partial charge in [0.25, 0.3) is 11.6 Å². The Balaban J connectivity index is 1.82. The number of rotatable bonds is 5. The fourth-order valence-corrected chi connectivity index (χ4v) is 3.49. The van der Waals surface area contributed by atoms with Crippen LogP contribution in [0.15, 0.2) is 29.6 Å². The van der Waals surface area contributed by atoms with Gasteiger partial charge in [0.15, 0.2) is 0 Å². The average molecular weight is 377 g/mol. The molecule has 1 saturated heterocycles. The highest BCUT2D eigenvalue weighted by Gasteiger charge is 2.31. The van der Waals surface area contributed by atoms with E-state index in [2.05, 4.69) is 4.98 Å². The largest absolute Gasteiger partial charge is 0.481 e. The summed E-state index contributed by atoms with van der Waals surface area (Å²) in [5, 5.41) is 22.0. The molecule has 0 aliphatic carbocycles. The van der Waals surface area contributed by atoms with E-state index < -0.39 is 16.9 Å². The first-order chi connectivity index (χ1) is 12.5. The van der Waals surface area contributed by atoms with Crippen LogP contribution >= 0.6 is 11.3 Å². The van der Waals surface area contributed by atoms with E-state index in [0.717, 1.165) is 0 Å². The maximum absolute atomic E-state index is 12.7. The van der Waals surface area contributed by atoms with Crippen LogP contribution in [-0.4, -0.2) is 57.6 Å². The Labute approximate surface area is 152 Å². The zero-order chi connectivity index (χ0) is 18.7. The second-order valence-corrected chi connectivity index (χ2v) is 6.53. The summed E-state index contributed by atoms with van der Waals surface area (Å²) in [6.07, 6.45) is -0.201. The zero-order valence-corrected chi connectivity index (χ0v) is 14.3. The van der Waals surface area contributed by atoms with Crippen LogP contribution in [0.1, 0.15) is 16.9 Å². The molecule has 1 N–H and O–H groups in total. The maximum atomic E-state index is 12.7. The van der Waals surface area contributed by atoms with Crippen molar-refractivity contribution >= 4 is 28.9 Å². The molecular weight excluding hydrogens is 362 g/mol. The van der Waals surface area contributed by atoms with Crippen molar-refractivity contribution in [2.24, 2.45) is 0 Å². The third kappa shape index (κ3) is 3.86. The molecule has 1 aromatic heterocycles. The summed E-state index contributed by atoms with van der Waals surface area (Å²) >= 11 is 1.20. The van der Waals surface area contributed by atoms with E-state index in [-0.39, 0.29) is 30.3 Å². The van der Waals surface area contributed by atoms with Crippen LogP contribution in [0.5, 0.6) is 0 Å². The van der Waals surface area contributed by atoms with Crippen LogP contribution in [-0.2, 0) is 9.53 Å². The summed E-state index contributed by atoms with van der Waals surface area (Å²) in [5.74, 6) is -1.37. The first-order valence-corrected chi connectivity index (χ1v) is 8.64. The van der Waals surface area contributed by atoms with Crippen molar-refractivity contribution in [3.63, 3.8) is 0 Å². The van der Waals surface area contributed by atoms with Gasteiger partial charge in [-0.25, -0.2) is 4.98 Å². The summed E-state index contributed by atoms with van der Waals surface area (Å²) in [5.41, 5.74) is 0.682. The Bertz CT molecular complexity index is 852. The van der Waals surface area contributed by atoms with E-state index in [4.69, 9.17) is 9.84 Å². The number of carboxylic acids is 1. The number of carbonyl (C=O) groups is 2. The Morgan fingerprint density at radius 1 is 1.46 bits per heavy atom. The first kappa shape index (κ1) is 18.0. The van der Waals surface area contributed by atoms with Crippen molar-refractivity contribution in [2.75, 3.05) is 19.8 Å². The third-order valence-electron chi connectivity index (χ3n) is 3.93. The Morgan fingerprint density at radius 2 is 2.27 bits per heavy atom. The monoisotopic (exact) mass is 377 g/mol. The quantitative estimate of drug-likeness (QED) is 0.625. The van der Waals surface area contributed by atoms with Gasteiger partial charge in [0.2, 0.25) is 0 Å². The molecule has 1 aliphatic rings. The molecule has 136 valence electrons. The Morgan fingerprint density at radius 3 is 3.00 bits per heavy atom. The molecule has 1 amide bonds. The minimum Gasteiger partial charge on any atom is -0.481 e. The lowest BCUT2D eigenvalue weighted by molar-refractivity contribution is -0.384. The van der Waals surface area contributed by atoms with Crippen LogP contribution in [0.4, 0.5) is 5.69 Å². The van der Waals surface area contributed by atoms with Crippen LogP contribution in [0.3, 0.4) is 0 Å². The number of carboxylic acid groups (broad SMARTS) is 1. The van der Waals surface area contributed by atoms with Crippen LogP contribution in [0, 0.1) is 10.1 Å². The molecule has 2 heterocycles. The molecule has 0 radical (unpaired) electrons. The number of carbonyl (C=O) groups excluding carboxylic acids is 1. The molecule has 1 atom stereocenters. The highest BCUT2D eigenvalue weighted by Crippen LogP contribution is 2.27. The number of thiazole rings is 1. The van der Waals surface area contributed by atoms with E-state index in [0.29, 0.717) is 23.7 Å². The number of aliphatic carboxylic acids is 1. The molecular formula is C16H15N3O6S. The van der Waals surface area contributed by atoms with E-state index >= 15 is 0 Å². The number of morpholine rings is 1. The number of non-ortho nitro benzene ring substituents is 1. The summed E-state index contributed by atoms with van der Waals surface area (Å²) in [6.45, 7) is 0.796. The van der Waals surface area contributed by atoms with Gasteiger partial charge >= 0.3 is 5.97 Å². The number of ether oxygens (including phenoxy) is 1. The number of hydrogen-bond donors (Lipinski definition) is 1. The highest BCUT2D eigenvalue weighted by molar-refractivity contribution is 7.13. The Hall–Kier alpha value is -2.85. The normalized spacial score (nSPS) is 17.1. The standard InChI is InChI=1S/C16H15N3O6S/c20-14(21)7-12-8-25-5-4-18(12)16(22)13-9-26-15(17-13)10-2-1-3-11(6-10)19(23)24/h1-3,6,9,12H,4-5,7-8H2,(H,20,21). The molecule has 1 aliphatic heterocycles. The van der Waals surface area contributed by atoms with Gasteiger partial charge in [-0.15, -0.1) is 11.3 Å². The molecule has 1 aromatic carbocycles. The minimum absolute atomic E-state index is 0.0553. The molecule has 0 bridgehead atoms. The molecule has 2 aromatic rings. The van der Waals surface area contributed by atoms with Crippen molar-refractivity contribution in [1.29, 1.82) is 0 Å². The average Bonchev–Trinajstić information content (AvgIpc) is 3.11. The van der Waals surface area contributed by atoms with Crippen LogP contribution in [0.25, 0.3) is 10.6 Å². The number of benzene rings is 1.